The predicted molar refractivity (Wildman–Crippen MR) is 114 cm³/mol. The number of esters is 1. The molecule has 0 saturated carbocycles. The van der Waals surface area contributed by atoms with Crippen LogP contribution in [0.25, 0.3) is 0 Å². The van der Waals surface area contributed by atoms with Gasteiger partial charge in [-0.15, -0.1) is 0 Å². The number of Topliss-reactive ketones (excluding diaryl/α,β-unsaturated/α-hetero) is 1. The molecule has 0 aliphatic rings. The lowest BCUT2D eigenvalue weighted by atomic mass is 10.0. The summed E-state index contributed by atoms with van der Waals surface area (Å²) >= 11 is 3.29. The fourth-order valence-corrected chi connectivity index (χ4v) is 4.09. The Labute approximate surface area is 179 Å². The number of sulfonamides is 1. The molecule has 2 rings (SSSR count). The SMILES string of the molecule is CCC(C)C(NS(=O)(=O)c1ccc(C)cc1)C(=O)OCC(=O)c1ccc(Br)cc1. The van der Waals surface area contributed by atoms with Crippen molar-refractivity contribution in [1.29, 1.82) is 0 Å². The van der Waals surface area contributed by atoms with Gasteiger partial charge in [0.2, 0.25) is 10.0 Å². The van der Waals surface area contributed by atoms with Crippen LogP contribution in [0.15, 0.2) is 57.9 Å². The van der Waals surface area contributed by atoms with Crippen molar-refractivity contribution in [1.82, 2.24) is 4.72 Å². The quantitative estimate of drug-likeness (QED) is 0.433. The summed E-state index contributed by atoms with van der Waals surface area (Å²) in [6.45, 7) is 4.99. The Morgan fingerprint density at radius 2 is 1.66 bits per heavy atom. The van der Waals surface area contributed by atoms with E-state index in [2.05, 4.69) is 20.7 Å². The van der Waals surface area contributed by atoms with Gasteiger partial charge in [0.1, 0.15) is 6.04 Å². The minimum atomic E-state index is -3.91. The number of carbonyl (C=O) groups excluding carboxylic acids is 2. The summed E-state index contributed by atoms with van der Waals surface area (Å²) in [6, 6.07) is 11.9. The molecule has 0 aromatic heterocycles. The van der Waals surface area contributed by atoms with E-state index in [4.69, 9.17) is 4.74 Å². The molecule has 2 unspecified atom stereocenters. The normalized spacial score (nSPS) is 13.5. The predicted octanol–water partition coefficient (Wildman–Crippen LogP) is 3.88. The van der Waals surface area contributed by atoms with Crippen molar-refractivity contribution in [3.63, 3.8) is 0 Å². The summed E-state index contributed by atoms with van der Waals surface area (Å²) in [6.07, 6.45) is 0.552. The standard InChI is InChI=1S/C21H24BrNO5S/c1-4-15(3)20(23-29(26,27)18-11-5-14(2)6-12-18)21(25)28-13-19(24)16-7-9-17(22)10-8-16/h5-12,15,20,23H,4,13H2,1-3H3. The van der Waals surface area contributed by atoms with Crippen LogP contribution in [0.5, 0.6) is 0 Å². The Balaban J connectivity index is 2.10. The van der Waals surface area contributed by atoms with Gasteiger partial charge in [-0.3, -0.25) is 9.59 Å². The zero-order valence-electron chi connectivity index (χ0n) is 16.5. The van der Waals surface area contributed by atoms with Crippen LogP contribution in [0.3, 0.4) is 0 Å². The maximum atomic E-state index is 12.7. The molecule has 0 fully saturated rings. The Bertz CT molecular complexity index is 956. The highest BCUT2D eigenvalue weighted by Crippen LogP contribution is 2.16. The molecule has 0 spiro atoms. The molecule has 29 heavy (non-hydrogen) atoms. The van der Waals surface area contributed by atoms with Crippen LogP contribution < -0.4 is 4.72 Å². The Morgan fingerprint density at radius 3 is 2.21 bits per heavy atom. The first kappa shape index (κ1) is 23.3. The van der Waals surface area contributed by atoms with Gasteiger partial charge in [0.05, 0.1) is 4.90 Å². The first-order chi connectivity index (χ1) is 13.6. The lowest BCUT2D eigenvalue weighted by Gasteiger charge is -2.22. The molecule has 156 valence electrons. The summed E-state index contributed by atoms with van der Waals surface area (Å²) in [7, 11) is -3.91. The van der Waals surface area contributed by atoms with Crippen molar-refractivity contribution in [2.24, 2.45) is 5.92 Å². The monoisotopic (exact) mass is 481 g/mol. The van der Waals surface area contributed by atoms with E-state index in [0.29, 0.717) is 12.0 Å². The summed E-state index contributed by atoms with van der Waals surface area (Å²) in [5.74, 6) is -1.46. The summed E-state index contributed by atoms with van der Waals surface area (Å²) < 4.78 is 33.8. The zero-order valence-corrected chi connectivity index (χ0v) is 18.9. The Morgan fingerprint density at radius 1 is 1.07 bits per heavy atom. The number of halogens is 1. The van der Waals surface area contributed by atoms with Gasteiger partial charge < -0.3 is 4.74 Å². The van der Waals surface area contributed by atoms with E-state index in [0.717, 1.165) is 10.0 Å². The Kier molecular flexibility index (Phi) is 8.13. The molecule has 0 bridgehead atoms. The second-order valence-electron chi connectivity index (χ2n) is 6.84. The van der Waals surface area contributed by atoms with Crippen LogP contribution in [0, 0.1) is 12.8 Å². The average molecular weight is 482 g/mol. The van der Waals surface area contributed by atoms with E-state index in [9.17, 15) is 18.0 Å². The average Bonchev–Trinajstić information content (AvgIpc) is 2.70. The minimum absolute atomic E-state index is 0.0649. The number of aryl methyl sites for hydroxylation is 1. The molecular weight excluding hydrogens is 458 g/mol. The number of carbonyl (C=O) groups is 2. The molecule has 8 heteroatoms. The molecule has 0 radical (unpaired) electrons. The topological polar surface area (TPSA) is 89.5 Å². The Hall–Kier alpha value is -2.03. The fraction of sp³-hybridized carbons (Fsp3) is 0.333. The second kappa shape index (κ2) is 10.1. The lowest BCUT2D eigenvalue weighted by Crippen LogP contribution is -2.46. The van der Waals surface area contributed by atoms with Crippen LogP contribution in [0.1, 0.15) is 36.2 Å². The van der Waals surface area contributed by atoms with E-state index in [-0.39, 0.29) is 16.6 Å². The third-order valence-electron chi connectivity index (χ3n) is 4.59. The van der Waals surface area contributed by atoms with Gasteiger partial charge in [0, 0.05) is 10.0 Å². The van der Waals surface area contributed by atoms with Crippen molar-refractivity contribution >= 4 is 37.7 Å². The van der Waals surface area contributed by atoms with Gasteiger partial charge in [0.25, 0.3) is 0 Å². The number of benzene rings is 2. The highest BCUT2D eigenvalue weighted by atomic mass is 79.9. The van der Waals surface area contributed by atoms with Crippen molar-refractivity contribution in [3.05, 3.63) is 64.1 Å². The molecule has 6 nitrogen and oxygen atoms in total. The number of hydrogen-bond donors (Lipinski definition) is 1. The van der Waals surface area contributed by atoms with Gasteiger partial charge in [0.15, 0.2) is 12.4 Å². The number of hydrogen-bond acceptors (Lipinski definition) is 5. The minimum Gasteiger partial charge on any atom is -0.456 e. The number of nitrogens with one attached hydrogen (secondary N) is 1. The molecule has 0 aliphatic heterocycles. The van der Waals surface area contributed by atoms with Crippen LogP contribution >= 0.6 is 15.9 Å². The molecule has 2 aromatic carbocycles. The smallest absolute Gasteiger partial charge is 0.324 e. The molecule has 0 aliphatic carbocycles. The maximum absolute atomic E-state index is 12.7. The van der Waals surface area contributed by atoms with Gasteiger partial charge >= 0.3 is 5.97 Å². The molecule has 0 heterocycles. The lowest BCUT2D eigenvalue weighted by molar-refractivity contribution is -0.145. The van der Waals surface area contributed by atoms with Gasteiger partial charge in [-0.25, -0.2) is 8.42 Å². The van der Waals surface area contributed by atoms with E-state index in [1.165, 1.54) is 12.1 Å². The van der Waals surface area contributed by atoms with Crippen molar-refractivity contribution < 1.29 is 22.7 Å². The third-order valence-corrected chi connectivity index (χ3v) is 6.58. The first-order valence-corrected chi connectivity index (χ1v) is 11.5. The molecular formula is C21H24BrNO5S. The first-order valence-electron chi connectivity index (χ1n) is 9.18. The number of rotatable bonds is 9. The highest BCUT2D eigenvalue weighted by molar-refractivity contribution is 9.10. The number of ketones is 1. The molecule has 0 amide bonds. The fourth-order valence-electron chi connectivity index (χ4n) is 2.53. The highest BCUT2D eigenvalue weighted by Gasteiger charge is 2.31. The molecule has 0 saturated heterocycles. The van der Waals surface area contributed by atoms with Gasteiger partial charge in [-0.1, -0.05) is 66.0 Å². The van der Waals surface area contributed by atoms with Crippen LogP contribution in [-0.4, -0.2) is 32.8 Å². The number of ether oxygens (including phenoxy) is 1. The van der Waals surface area contributed by atoms with E-state index < -0.39 is 28.6 Å². The zero-order chi connectivity index (χ0) is 21.6. The molecule has 2 aromatic rings. The summed E-state index contributed by atoms with van der Waals surface area (Å²) in [5, 5.41) is 0. The van der Waals surface area contributed by atoms with Gasteiger partial charge in [-0.2, -0.15) is 4.72 Å². The van der Waals surface area contributed by atoms with Crippen LogP contribution in [0.2, 0.25) is 0 Å². The van der Waals surface area contributed by atoms with E-state index in [1.807, 2.05) is 13.8 Å². The van der Waals surface area contributed by atoms with Crippen LogP contribution in [0.4, 0.5) is 0 Å². The summed E-state index contributed by atoms with van der Waals surface area (Å²) in [4.78, 5) is 24.9. The molecule has 1 N–H and O–H groups in total. The second-order valence-corrected chi connectivity index (χ2v) is 9.46. The van der Waals surface area contributed by atoms with Crippen molar-refractivity contribution in [2.75, 3.05) is 6.61 Å². The van der Waals surface area contributed by atoms with E-state index >= 15 is 0 Å². The van der Waals surface area contributed by atoms with E-state index in [1.54, 1.807) is 43.3 Å². The third kappa shape index (κ3) is 6.48. The molecule has 2 atom stereocenters. The van der Waals surface area contributed by atoms with Crippen molar-refractivity contribution in [3.8, 4) is 0 Å². The largest absolute Gasteiger partial charge is 0.456 e. The maximum Gasteiger partial charge on any atom is 0.324 e. The summed E-state index contributed by atoms with van der Waals surface area (Å²) in [5.41, 5.74) is 1.33. The van der Waals surface area contributed by atoms with Crippen LogP contribution in [-0.2, 0) is 19.6 Å². The van der Waals surface area contributed by atoms with Gasteiger partial charge in [-0.05, 0) is 37.1 Å². The van der Waals surface area contributed by atoms with Crippen molar-refractivity contribution in [2.45, 2.75) is 38.1 Å².